The van der Waals surface area contributed by atoms with Crippen molar-refractivity contribution in [2.75, 3.05) is 0 Å². The Morgan fingerprint density at radius 1 is 0.653 bits per heavy atom. The van der Waals surface area contributed by atoms with Crippen LogP contribution in [0, 0.1) is 0 Å². The number of hydrogen-bond donors (Lipinski definition) is 1. The van der Waals surface area contributed by atoms with Gasteiger partial charge in [-0.3, -0.25) is 9.09 Å². The van der Waals surface area contributed by atoms with Gasteiger partial charge in [-0.2, -0.15) is 0 Å². The first kappa shape index (κ1) is 43.5. The van der Waals surface area contributed by atoms with E-state index in [0.717, 1.165) is 60.8 Å². The van der Waals surface area contributed by atoms with Gasteiger partial charge in [0.2, 0.25) is 0 Å². The first-order valence-electron chi connectivity index (χ1n) is 19.4. The van der Waals surface area contributed by atoms with Crippen molar-refractivity contribution in [3.8, 4) is 0 Å². The lowest BCUT2D eigenvalue weighted by Crippen LogP contribution is -2.22. The zero-order chi connectivity index (χ0) is 37.4. The monoisotopic (exact) mass is 695 g/mol. The van der Waals surface area contributed by atoms with Crippen LogP contribution in [0.1, 0.15) is 213 Å². The Morgan fingerprint density at radius 3 is 1.53 bits per heavy atom. The Hall–Kier alpha value is -1.67. The molecule has 49 heavy (non-hydrogen) atoms. The van der Waals surface area contributed by atoms with Crippen LogP contribution in [0.2, 0.25) is 0 Å². The maximum absolute atomic E-state index is 15.2. The molecule has 3 unspecified atom stereocenters. The summed E-state index contributed by atoms with van der Waals surface area (Å²) in [6, 6.07) is 13.2. The van der Waals surface area contributed by atoms with Gasteiger partial charge < -0.3 is 4.89 Å². The lowest BCUT2D eigenvalue weighted by atomic mass is 9.77. The molecule has 2 rings (SSSR count). The van der Waals surface area contributed by atoms with Crippen LogP contribution in [0.25, 0.3) is 0 Å². The SMILES string of the molecule is C=C(CCCCCC)C(c1ccc(C(C)(C)C)cc1C(C)(C)C)P(=O)(O)OC(CCCCCCC)c1ccc(C(C)(C)C)cc1C(C)(C)C. The molecule has 0 aliphatic carbocycles. The number of hydrogen-bond acceptors (Lipinski definition) is 2. The van der Waals surface area contributed by atoms with Gasteiger partial charge in [-0.1, -0.05) is 197 Å². The van der Waals surface area contributed by atoms with E-state index in [4.69, 9.17) is 4.52 Å². The van der Waals surface area contributed by atoms with Crippen LogP contribution >= 0.6 is 7.60 Å². The molecule has 1 N–H and O–H groups in total. The lowest BCUT2D eigenvalue weighted by molar-refractivity contribution is 0.158. The van der Waals surface area contributed by atoms with E-state index in [1.807, 2.05) is 0 Å². The van der Waals surface area contributed by atoms with E-state index >= 15 is 4.57 Å². The van der Waals surface area contributed by atoms with E-state index in [-0.39, 0.29) is 21.7 Å². The summed E-state index contributed by atoms with van der Waals surface area (Å²) in [4.78, 5) is 12.4. The quantitative estimate of drug-likeness (QED) is 0.102. The lowest BCUT2D eigenvalue weighted by Gasteiger charge is -2.35. The van der Waals surface area contributed by atoms with Crippen molar-refractivity contribution in [3.63, 3.8) is 0 Å². The minimum Gasteiger partial charge on any atom is -0.324 e. The first-order valence-corrected chi connectivity index (χ1v) is 21.1. The first-order chi connectivity index (χ1) is 22.4. The Labute approximate surface area is 303 Å². The Bertz CT molecular complexity index is 1390. The minimum absolute atomic E-state index is 0.00943. The Balaban J connectivity index is 2.80. The van der Waals surface area contributed by atoms with Crippen molar-refractivity contribution >= 4 is 7.60 Å². The summed E-state index contributed by atoms with van der Waals surface area (Å²) in [6.45, 7) is 35.7. The molecule has 3 atom stereocenters. The van der Waals surface area contributed by atoms with E-state index in [1.165, 1.54) is 36.0 Å². The number of benzene rings is 2. The minimum atomic E-state index is -4.29. The molecule has 278 valence electrons. The maximum atomic E-state index is 15.2. The maximum Gasteiger partial charge on any atom is 0.340 e. The fourth-order valence-corrected chi connectivity index (χ4v) is 8.72. The molecule has 0 saturated carbocycles. The second-order valence-electron chi connectivity index (χ2n) is 18.8. The molecular weight excluding hydrogens is 619 g/mol. The molecule has 0 bridgehead atoms. The normalized spacial score (nSPS) is 15.6. The highest BCUT2D eigenvalue weighted by molar-refractivity contribution is 7.53. The molecule has 0 aliphatic rings. The van der Waals surface area contributed by atoms with Gasteiger partial charge in [0, 0.05) is 0 Å². The van der Waals surface area contributed by atoms with Gasteiger partial charge in [-0.15, -0.1) is 0 Å². The van der Waals surface area contributed by atoms with Gasteiger partial charge in [-0.05, 0) is 74.3 Å². The summed E-state index contributed by atoms with van der Waals surface area (Å²) < 4.78 is 22.0. The van der Waals surface area contributed by atoms with Gasteiger partial charge in [0.25, 0.3) is 0 Å². The zero-order valence-electron chi connectivity index (χ0n) is 34.3. The van der Waals surface area contributed by atoms with Crippen LogP contribution < -0.4 is 0 Å². The summed E-state index contributed by atoms with van der Waals surface area (Å²) in [7, 11) is -4.29. The van der Waals surface area contributed by atoms with Crippen LogP contribution in [-0.2, 0) is 30.7 Å². The highest BCUT2D eigenvalue weighted by Gasteiger charge is 2.42. The van der Waals surface area contributed by atoms with Crippen molar-refractivity contribution in [3.05, 3.63) is 81.9 Å². The van der Waals surface area contributed by atoms with Gasteiger partial charge in [0.05, 0.1) is 6.10 Å². The van der Waals surface area contributed by atoms with E-state index in [9.17, 15) is 4.89 Å². The molecule has 0 aromatic heterocycles. The highest BCUT2D eigenvalue weighted by atomic mass is 31.2. The smallest absolute Gasteiger partial charge is 0.324 e. The Morgan fingerprint density at radius 2 is 1.08 bits per heavy atom. The highest BCUT2D eigenvalue weighted by Crippen LogP contribution is 2.64. The van der Waals surface area contributed by atoms with Crippen LogP contribution in [0.4, 0.5) is 0 Å². The molecule has 0 heterocycles. The molecular formula is C45H75O3P. The van der Waals surface area contributed by atoms with Crippen LogP contribution in [0.15, 0.2) is 48.6 Å². The summed E-state index contributed by atoms with van der Waals surface area (Å²) in [5.74, 6) is 0. The third-order valence-electron chi connectivity index (χ3n) is 10.0. The van der Waals surface area contributed by atoms with Crippen molar-refractivity contribution in [2.45, 2.75) is 201 Å². The van der Waals surface area contributed by atoms with Crippen LogP contribution in [0.5, 0.6) is 0 Å². The van der Waals surface area contributed by atoms with E-state index in [2.05, 4.69) is 140 Å². The predicted molar refractivity (Wildman–Crippen MR) is 215 cm³/mol. The summed E-state index contributed by atoms with van der Waals surface area (Å²) >= 11 is 0. The van der Waals surface area contributed by atoms with Crippen molar-refractivity contribution in [1.82, 2.24) is 0 Å². The number of rotatable bonds is 17. The van der Waals surface area contributed by atoms with Crippen LogP contribution in [0.3, 0.4) is 0 Å². The third-order valence-corrected chi connectivity index (χ3v) is 11.9. The van der Waals surface area contributed by atoms with Crippen LogP contribution in [-0.4, -0.2) is 4.89 Å². The largest absolute Gasteiger partial charge is 0.340 e. The molecule has 4 heteroatoms. The molecule has 0 radical (unpaired) electrons. The molecule has 0 fully saturated rings. The second kappa shape index (κ2) is 17.7. The number of unbranched alkanes of at least 4 members (excludes halogenated alkanes) is 7. The summed E-state index contributed by atoms with van der Waals surface area (Å²) in [5, 5.41) is 0. The standard InChI is InChI=1S/C45H75O3P/c1-16-18-20-22-24-26-40(36-29-27-34(42(4,5)6)31-38(36)44(10,11)12)48-49(46,47)41(33(3)25-23-21-19-17-2)37-30-28-35(43(7,8)9)32-39(37)45(13,14)15/h27-32,40-41H,3,16-26H2,1-2,4-15H3,(H,46,47). The topological polar surface area (TPSA) is 46.5 Å². The van der Waals surface area contributed by atoms with E-state index in [0.29, 0.717) is 12.8 Å². The molecule has 0 amide bonds. The van der Waals surface area contributed by atoms with Crippen molar-refractivity contribution < 1.29 is 14.0 Å². The molecule has 0 saturated heterocycles. The van der Waals surface area contributed by atoms with E-state index < -0.39 is 19.4 Å². The summed E-state index contributed by atoms with van der Waals surface area (Å²) in [5.41, 5.74) is 6.25. The average molecular weight is 695 g/mol. The molecule has 2 aromatic carbocycles. The third kappa shape index (κ3) is 12.8. The number of allylic oxidation sites excluding steroid dienone is 1. The predicted octanol–water partition coefficient (Wildman–Crippen LogP) is 14.7. The molecule has 0 aliphatic heterocycles. The fraction of sp³-hybridized carbons (Fsp3) is 0.689. The Kier molecular flexibility index (Phi) is 15.7. The second-order valence-corrected chi connectivity index (χ2v) is 20.7. The molecule has 2 aromatic rings. The summed E-state index contributed by atoms with van der Waals surface area (Å²) in [6.07, 6.45) is 10.8. The zero-order valence-corrected chi connectivity index (χ0v) is 35.2. The van der Waals surface area contributed by atoms with Gasteiger partial charge in [0.1, 0.15) is 5.66 Å². The molecule has 0 spiro atoms. The van der Waals surface area contributed by atoms with Crippen molar-refractivity contribution in [2.24, 2.45) is 0 Å². The van der Waals surface area contributed by atoms with E-state index in [1.54, 1.807) is 0 Å². The average Bonchev–Trinajstić information content (AvgIpc) is 2.96. The fourth-order valence-electron chi connectivity index (χ4n) is 6.85. The van der Waals surface area contributed by atoms with Gasteiger partial charge >= 0.3 is 7.60 Å². The van der Waals surface area contributed by atoms with Gasteiger partial charge in [0.15, 0.2) is 0 Å². The van der Waals surface area contributed by atoms with Crippen molar-refractivity contribution in [1.29, 1.82) is 0 Å². The molecule has 3 nitrogen and oxygen atoms in total. The van der Waals surface area contributed by atoms with Gasteiger partial charge in [-0.25, -0.2) is 0 Å².